The fraction of sp³-hybridized carbons (Fsp3) is 0.444. The van der Waals surface area contributed by atoms with Crippen LogP contribution in [-0.4, -0.2) is 64.0 Å². The zero-order chi connectivity index (χ0) is 17.4. The van der Waals surface area contributed by atoms with Crippen molar-refractivity contribution in [3.05, 3.63) is 35.0 Å². The highest BCUT2D eigenvalue weighted by Gasteiger charge is 2.27. The number of aliphatic hydroxyl groups excluding tert-OH is 1. The van der Waals surface area contributed by atoms with Gasteiger partial charge in [-0.05, 0) is 32.4 Å². The monoisotopic (exact) mass is 329 g/mol. The second kappa shape index (κ2) is 6.28. The van der Waals surface area contributed by atoms with Gasteiger partial charge in [0.05, 0.1) is 11.1 Å². The predicted octanol–water partition coefficient (Wildman–Crippen LogP) is 1.45. The molecule has 128 valence electrons. The third kappa shape index (κ3) is 2.78. The molecule has 1 aromatic carbocycles. The zero-order valence-electron chi connectivity index (χ0n) is 14.3. The van der Waals surface area contributed by atoms with E-state index in [9.17, 15) is 14.7 Å². The molecule has 1 aliphatic rings. The van der Waals surface area contributed by atoms with E-state index >= 15 is 0 Å². The van der Waals surface area contributed by atoms with E-state index < -0.39 is 6.10 Å². The van der Waals surface area contributed by atoms with Crippen LogP contribution in [-0.2, 0) is 4.79 Å². The summed E-state index contributed by atoms with van der Waals surface area (Å²) in [6.07, 6.45) is -0.995. The Hall–Kier alpha value is -2.34. The van der Waals surface area contributed by atoms with Gasteiger partial charge in [0, 0.05) is 37.3 Å². The number of hydrogen-bond donors (Lipinski definition) is 2. The van der Waals surface area contributed by atoms with E-state index in [2.05, 4.69) is 4.98 Å². The Morgan fingerprint density at radius 1 is 1.12 bits per heavy atom. The molecule has 1 unspecified atom stereocenters. The van der Waals surface area contributed by atoms with Crippen molar-refractivity contribution >= 4 is 22.7 Å². The molecule has 1 atom stereocenters. The minimum Gasteiger partial charge on any atom is -0.384 e. The van der Waals surface area contributed by atoms with Crippen LogP contribution in [0.4, 0.5) is 0 Å². The summed E-state index contributed by atoms with van der Waals surface area (Å²) in [5.41, 5.74) is 3.77. The maximum Gasteiger partial charge on any atom is 0.256 e. The van der Waals surface area contributed by atoms with Crippen molar-refractivity contribution in [3.63, 3.8) is 0 Å². The minimum absolute atomic E-state index is 0.0222. The van der Waals surface area contributed by atoms with Crippen molar-refractivity contribution in [1.29, 1.82) is 0 Å². The minimum atomic E-state index is -0.995. The number of rotatable bonds is 2. The lowest BCUT2D eigenvalue weighted by Crippen LogP contribution is -2.52. The van der Waals surface area contributed by atoms with Gasteiger partial charge in [-0.2, -0.15) is 0 Å². The molecule has 6 nitrogen and oxygen atoms in total. The van der Waals surface area contributed by atoms with Crippen LogP contribution in [0.1, 0.15) is 28.5 Å². The fourth-order valence-electron chi connectivity index (χ4n) is 3.23. The van der Waals surface area contributed by atoms with Crippen LogP contribution < -0.4 is 0 Å². The Labute approximate surface area is 141 Å². The molecule has 1 aromatic heterocycles. The van der Waals surface area contributed by atoms with Crippen molar-refractivity contribution in [3.8, 4) is 0 Å². The van der Waals surface area contributed by atoms with Crippen molar-refractivity contribution in [1.82, 2.24) is 14.8 Å². The highest BCUT2D eigenvalue weighted by Crippen LogP contribution is 2.25. The first-order chi connectivity index (χ1) is 11.4. The molecule has 1 fully saturated rings. The van der Waals surface area contributed by atoms with Gasteiger partial charge in [-0.3, -0.25) is 9.59 Å². The van der Waals surface area contributed by atoms with Crippen LogP contribution in [0.25, 0.3) is 10.9 Å². The number of amides is 2. The Morgan fingerprint density at radius 2 is 1.75 bits per heavy atom. The molecular weight excluding hydrogens is 306 g/mol. The number of piperazine rings is 1. The van der Waals surface area contributed by atoms with Crippen molar-refractivity contribution in [2.75, 3.05) is 26.2 Å². The Kier molecular flexibility index (Phi) is 4.32. The van der Waals surface area contributed by atoms with Gasteiger partial charge < -0.3 is 19.9 Å². The number of carbonyl (C=O) groups excluding carboxylic acids is 2. The van der Waals surface area contributed by atoms with E-state index in [0.29, 0.717) is 31.7 Å². The number of benzene rings is 1. The van der Waals surface area contributed by atoms with Gasteiger partial charge in [0.25, 0.3) is 11.8 Å². The number of aliphatic hydroxyl groups is 1. The lowest BCUT2D eigenvalue weighted by molar-refractivity contribution is -0.140. The summed E-state index contributed by atoms with van der Waals surface area (Å²) < 4.78 is 0. The van der Waals surface area contributed by atoms with Gasteiger partial charge in [0.1, 0.15) is 6.10 Å². The van der Waals surface area contributed by atoms with E-state index in [-0.39, 0.29) is 11.8 Å². The summed E-state index contributed by atoms with van der Waals surface area (Å²) in [6.45, 7) is 7.38. The van der Waals surface area contributed by atoms with E-state index in [4.69, 9.17) is 0 Å². The number of para-hydroxylation sites is 1. The number of nitrogens with one attached hydrogen (secondary N) is 1. The summed E-state index contributed by atoms with van der Waals surface area (Å²) in [7, 11) is 0. The quantitative estimate of drug-likeness (QED) is 0.875. The van der Waals surface area contributed by atoms with Gasteiger partial charge in [-0.25, -0.2) is 0 Å². The summed E-state index contributed by atoms with van der Waals surface area (Å²) >= 11 is 0. The summed E-state index contributed by atoms with van der Waals surface area (Å²) in [5.74, 6) is -0.300. The van der Waals surface area contributed by atoms with Gasteiger partial charge in [0.15, 0.2) is 0 Å². The van der Waals surface area contributed by atoms with Gasteiger partial charge in [-0.15, -0.1) is 0 Å². The third-order valence-electron chi connectivity index (χ3n) is 4.81. The van der Waals surface area contributed by atoms with Crippen LogP contribution >= 0.6 is 0 Å². The standard InChI is InChI=1S/C18H23N3O3/c1-11-12(2)19-16-14(11)5-4-6-15(16)18(24)21-9-7-20(8-10-21)17(23)13(3)22/h4-6,13,19,22H,7-10H2,1-3H3. The average Bonchev–Trinajstić information content (AvgIpc) is 2.88. The zero-order valence-corrected chi connectivity index (χ0v) is 14.3. The van der Waals surface area contributed by atoms with Crippen molar-refractivity contribution < 1.29 is 14.7 Å². The van der Waals surface area contributed by atoms with Crippen LogP contribution in [0, 0.1) is 13.8 Å². The molecule has 0 spiro atoms. The molecule has 2 aromatic rings. The Balaban J connectivity index is 1.79. The normalized spacial score (nSPS) is 16.5. The fourth-order valence-corrected chi connectivity index (χ4v) is 3.23. The molecule has 6 heteroatoms. The van der Waals surface area contributed by atoms with Crippen molar-refractivity contribution in [2.45, 2.75) is 26.9 Å². The molecule has 0 aliphatic carbocycles. The largest absolute Gasteiger partial charge is 0.384 e. The molecule has 2 N–H and O–H groups in total. The maximum atomic E-state index is 12.9. The third-order valence-corrected chi connectivity index (χ3v) is 4.81. The first-order valence-electron chi connectivity index (χ1n) is 8.24. The van der Waals surface area contributed by atoms with Gasteiger partial charge in [-0.1, -0.05) is 12.1 Å². The maximum absolute atomic E-state index is 12.9. The molecule has 0 bridgehead atoms. The number of aryl methyl sites for hydroxylation is 2. The molecule has 2 amide bonds. The average molecular weight is 329 g/mol. The number of nitrogens with zero attached hydrogens (tertiary/aromatic N) is 2. The van der Waals surface area contributed by atoms with Crippen LogP contribution in [0.5, 0.6) is 0 Å². The molecule has 1 saturated heterocycles. The first kappa shape index (κ1) is 16.5. The van der Waals surface area contributed by atoms with E-state index in [0.717, 1.165) is 22.2 Å². The topological polar surface area (TPSA) is 76.6 Å². The van der Waals surface area contributed by atoms with Crippen LogP contribution in [0.3, 0.4) is 0 Å². The second-order valence-corrected chi connectivity index (χ2v) is 6.40. The Morgan fingerprint density at radius 3 is 2.38 bits per heavy atom. The number of H-pyrrole nitrogens is 1. The smallest absolute Gasteiger partial charge is 0.256 e. The second-order valence-electron chi connectivity index (χ2n) is 6.40. The van der Waals surface area contributed by atoms with Gasteiger partial charge in [0.2, 0.25) is 0 Å². The number of carbonyl (C=O) groups is 2. The molecule has 3 rings (SSSR count). The SMILES string of the molecule is Cc1[nH]c2c(C(=O)N3CCN(C(=O)C(C)O)CC3)cccc2c1C. The van der Waals surface area contributed by atoms with E-state index in [1.807, 2.05) is 32.0 Å². The highest BCUT2D eigenvalue weighted by molar-refractivity contribution is 6.06. The summed E-state index contributed by atoms with van der Waals surface area (Å²) in [4.78, 5) is 31.4. The van der Waals surface area contributed by atoms with E-state index in [1.165, 1.54) is 6.92 Å². The molecule has 0 saturated carbocycles. The number of hydrogen-bond acceptors (Lipinski definition) is 3. The molecule has 1 aliphatic heterocycles. The van der Waals surface area contributed by atoms with Crippen LogP contribution in [0.2, 0.25) is 0 Å². The summed E-state index contributed by atoms with van der Waals surface area (Å²) in [6, 6.07) is 5.76. The van der Waals surface area contributed by atoms with Gasteiger partial charge >= 0.3 is 0 Å². The molecule has 2 heterocycles. The lowest BCUT2D eigenvalue weighted by atomic mass is 10.1. The van der Waals surface area contributed by atoms with Crippen molar-refractivity contribution in [2.24, 2.45) is 0 Å². The molecule has 0 radical (unpaired) electrons. The first-order valence-corrected chi connectivity index (χ1v) is 8.24. The molecular formula is C18H23N3O3. The van der Waals surface area contributed by atoms with E-state index in [1.54, 1.807) is 9.80 Å². The number of aromatic amines is 1. The van der Waals surface area contributed by atoms with Crippen LogP contribution in [0.15, 0.2) is 18.2 Å². The predicted molar refractivity (Wildman–Crippen MR) is 91.9 cm³/mol. The lowest BCUT2D eigenvalue weighted by Gasteiger charge is -2.35. The number of aromatic nitrogens is 1. The highest BCUT2D eigenvalue weighted by atomic mass is 16.3. The summed E-state index contributed by atoms with van der Waals surface area (Å²) in [5, 5.41) is 10.5. The molecule has 24 heavy (non-hydrogen) atoms. The Bertz CT molecular complexity index is 786. The number of fused-ring (bicyclic) bond motifs is 1.